The molecule has 1 heterocycles. The molecule has 1 aliphatic carbocycles. The Labute approximate surface area is 182 Å². The largest absolute Gasteiger partial charge is 0.465 e. The highest BCUT2D eigenvalue weighted by atomic mass is 19.1. The number of aliphatic hydroxyl groups is 1. The van der Waals surface area contributed by atoms with E-state index in [2.05, 4.69) is 5.32 Å². The molecule has 1 saturated heterocycles. The number of ether oxygens (including phenoxy) is 1. The van der Waals surface area contributed by atoms with Crippen LogP contribution in [0.15, 0.2) is 18.2 Å². The Morgan fingerprint density at radius 3 is 2.58 bits per heavy atom. The molecule has 31 heavy (non-hydrogen) atoms. The molecule has 172 valence electrons. The van der Waals surface area contributed by atoms with E-state index in [1.165, 1.54) is 38.2 Å². The molecule has 1 aromatic rings. The second-order valence-electron chi connectivity index (χ2n) is 9.88. The van der Waals surface area contributed by atoms with E-state index in [0.29, 0.717) is 17.9 Å². The SMILES string of the molecule is CO[C@@]1(C(=O)Nc2cc(C(O)CCC3CC3)ccc2F)C[C@H](C(C)(C)C)CN1C(=O)O. The van der Waals surface area contributed by atoms with Crippen LogP contribution in [0.25, 0.3) is 0 Å². The highest BCUT2D eigenvalue weighted by molar-refractivity contribution is 5.99. The maximum absolute atomic E-state index is 14.5. The number of carbonyl (C=O) groups is 2. The Hall–Kier alpha value is -2.19. The molecular weight excluding hydrogens is 403 g/mol. The van der Waals surface area contributed by atoms with Crippen LogP contribution in [0.4, 0.5) is 14.9 Å². The summed E-state index contributed by atoms with van der Waals surface area (Å²) in [7, 11) is 1.29. The first kappa shape index (κ1) is 23.5. The van der Waals surface area contributed by atoms with Crippen LogP contribution in [0.2, 0.25) is 0 Å². The predicted molar refractivity (Wildman–Crippen MR) is 114 cm³/mol. The van der Waals surface area contributed by atoms with E-state index in [0.717, 1.165) is 11.3 Å². The van der Waals surface area contributed by atoms with Crippen LogP contribution in [-0.4, -0.2) is 46.5 Å². The van der Waals surface area contributed by atoms with Gasteiger partial charge in [-0.25, -0.2) is 9.18 Å². The highest BCUT2D eigenvalue weighted by Crippen LogP contribution is 2.43. The van der Waals surface area contributed by atoms with E-state index < -0.39 is 29.6 Å². The van der Waals surface area contributed by atoms with Gasteiger partial charge in [-0.05, 0) is 47.8 Å². The number of methoxy groups -OCH3 is 1. The quantitative estimate of drug-likeness (QED) is 0.589. The first-order valence-electron chi connectivity index (χ1n) is 10.8. The first-order valence-corrected chi connectivity index (χ1v) is 10.8. The summed E-state index contributed by atoms with van der Waals surface area (Å²) in [6, 6.07) is 4.12. The van der Waals surface area contributed by atoms with Crippen LogP contribution >= 0.6 is 0 Å². The van der Waals surface area contributed by atoms with Crippen LogP contribution in [0, 0.1) is 23.1 Å². The van der Waals surface area contributed by atoms with Gasteiger partial charge in [0.15, 0.2) is 0 Å². The molecule has 2 amide bonds. The number of hydrogen-bond acceptors (Lipinski definition) is 4. The van der Waals surface area contributed by atoms with Gasteiger partial charge in [-0.3, -0.25) is 9.69 Å². The Morgan fingerprint density at radius 1 is 1.35 bits per heavy atom. The number of amides is 2. The fourth-order valence-corrected chi connectivity index (χ4v) is 4.22. The van der Waals surface area contributed by atoms with Crippen molar-refractivity contribution in [3.63, 3.8) is 0 Å². The fraction of sp³-hybridized carbons (Fsp3) is 0.652. The van der Waals surface area contributed by atoms with Crippen LogP contribution < -0.4 is 5.32 Å². The summed E-state index contributed by atoms with van der Waals surface area (Å²) >= 11 is 0. The van der Waals surface area contributed by atoms with Gasteiger partial charge in [0.1, 0.15) is 5.82 Å². The predicted octanol–water partition coefficient (Wildman–Crippen LogP) is 4.38. The molecule has 3 N–H and O–H groups in total. The molecule has 1 aromatic carbocycles. The third kappa shape index (κ3) is 5.01. The second-order valence-corrected chi connectivity index (χ2v) is 9.88. The second kappa shape index (κ2) is 8.74. The number of aliphatic hydroxyl groups excluding tert-OH is 1. The number of benzene rings is 1. The van der Waals surface area contributed by atoms with Crippen LogP contribution in [0.1, 0.15) is 64.5 Å². The van der Waals surface area contributed by atoms with Gasteiger partial charge in [0, 0.05) is 20.1 Å². The van der Waals surface area contributed by atoms with Crippen LogP contribution in [-0.2, 0) is 9.53 Å². The molecule has 7 nitrogen and oxygen atoms in total. The summed E-state index contributed by atoms with van der Waals surface area (Å²) in [5.41, 5.74) is -1.59. The summed E-state index contributed by atoms with van der Waals surface area (Å²) in [6.45, 7) is 6.08. The Balaban J connectivity index is 1.82. The molecule has 8 heteroatoms. The average Bonchev–Trinajstić information content (AvgIpc) is 3.43. The molecule has 2 aliphatic rings. The number of rotatable bonds is 7. The molecule has 0 spiro atoms. The zero-order chi connectivity index (χ0) is 23.0. The van der Waals surface area contributed by atoms with Crippen molar-refractivity contribution in [1.82, 2.24) is 4.90 Å². The van der Waals surface area contributed by atoms with Gasteiger partial charge in [0.2, 0.25) is 5.72 Å². The van der Waals surface area contributed by atoms with E-state index in [9.17, 15) is 24.2 Å². The number of likely N-dealkylation sites (tertiary alicyclic amines) is 1. The van der Waals surface area contributed by atoms with Crippen molar-refractivity contribution in [3.8, 4) is 0 Å². The maximum atomic E-state index is 14.5. The van der Waals surface area contributed by atoms with E-state index in [1.54, 1.807) is 0 Å². The van der Waals surface area contributed by atoms with Gasteiger partial charge in [-0.15, -0.1) is 0 Å². The normalized spacial score (nSPS) is 24.8. The van der Waals surface area contributed by atoms with Crippen molar-refractivity contribution >= 4 is 17.7 Å². The standard InChI is InChI=1S/C23H33FN2O5/c1-22(2,3)16-12-23(31-4,26(13-16)21(29)30)20(28)25-18-11-15(8-9-17(18)24)19(27)10-7-14-5-6-14/h8-9,11,14,16,19,27H,5-7,10,12-13H2,1-4H3,(H,25,28)(H,29,30)/t16-,19?,23+/m0/s1. The Bertz CT molecular complexity index is 836. The molecule has 2 fully saturated rings. The van der Waals surface area contributed by atoms with Gasteiger partial charge in [0.05, 0.1) is 11.8 Å². The summed E-state index contributed by atoms with van der Waals surface area (Å²) < 4.78 is 20.0. The summed E-state index contributed by atoms with van der Waals surface area (Å²) in [5.74, 6) is -0.858. The van der Waals surface area contributed by atoms with Gasteiger partial charge in [-0.2, -0.15) is 0 Å². The number of nitrogens with zero attached hydrogens (tertiary/aromatic N) is 1. The fourth-order valence-electron chi connectivity index (χ4n) is 4.22. The molecular formula is C23H33FN2O5. The van der Waals surface area contributed by atoms with Crippen molar-refractivity contribution < 1.29 is 28.9 Å². The van der Waals surface area contributed by atoms with Crippen molar-refractivity contribution in [3.05, 3.63) is 29.6 Å². The molecule has 0 radical (unpaired) electrons. The van der Waals surface area contributed by atoms with E-state index in [4.69, 9.17) is 4.74 Å². The molecule has 1 aliphatic heterocycles. The van der Waals surface area contributed by atoms with Crippen molar-refractivity contribution in [2.45, 2.75) is 64.7 Å². The van der Waals surface area contributed by atoms with Gasteiger partial charge < -0.3 is 20.3 Å². The lowest BCUT2D eigenvalue weighted by molar-refractivity contribution is -0.154. The minimum Gasteiger partial charge on any atom is -0.465 e. The molecule has 3 atom stereocenters. The minimum atomic E-state index is -1.75. The third-order valence-corrected chi connectivity index (χ3v) is 6.68. The smallest absolute Gasteiger partial charge is 0.410 e. The van der Waals surface area contributed by atoms with Gasteiger partial charge in [-0.1, -0.05) is 39.7 Å². The molecule has 0 bridgehead atoms. The van der Waals surface area contributed by atoms with E-state index in [1.807, 2.05) is 20.8 Å². The lowest BCUT2D eigenvalue weighted by Crippen LogP contribution is -2.56. The van der Waals surface area contributed by atoms with E-state index >= 15 is 0 Å². The third-order valence-electron chi connectivity index (χ3n) is 6.68. The average molecular weight is 437 g/mol. The topological polar surface area (TPSA) is 99.1 Å². The van der Waals surface area contributed by atoms with Crippen LogP contribution in [0.5, 0.6) is 0 Å². The number of hydrogen-bond donors (Lipinski definition) is 3. The van der Waals surface area contributed by atoms with Crippen molar-refractivity contribution in [2.24, 2.45) is 17.3 Å². The maximum Gasteiger partial charge on any atom is 0.410 e. The Kier molecular flexibility index (Phi) is 6.62. The summed E-state index contributed by atoms with van der Waals surface area (Å²) in [5, 5.41) is 22.7. The Morgan fingerprint density at radius 2 is 2.03 bits per heavy atom. The molecule has 1 unspecified atom stereocenters. The number of anilines is 1. The van der Waals surface area contributed by atoms with Gasteiger partial charge in [0.25, 0.3) is 5.91 Å². The van der Waals surface area contributed by atoms with Crippen molar-refractivity contribution in [2.75, 3.05) is 19.0 Å². The van der Waals surface area contributed by atoms with Crippen LogP contribution in [0.3, 0.4) is 0 Å². The lowest BCUT2D eigenvalue weighted by atomic mass is 9.79. The molecule has 1 saturated carbocycles. The number of nitrogens with one attached hydrogen (secondary N) is 1. The van der Waals surface area contributed by atoms with Crippen molar-refractivity contribution in [1.29, 1.82) is 0 Å². The minimum absolute atomic E-state index is 0.103. The first-order chi connectivity index (χ1) is 14.5. The monoisotopic (exact) mass is 436 g/mol. The number of halogens is 1. The lowest BCUT2D eigenvalue weighted by Gasteiger charge is -2.33. The van der Waals surface area contributed by atoms with Gasteiger partial charge >= 0.3 is 6.09 Å². The number of carboxylic acid groups (broad SMARTS) is 1. The molecule has 0 aromatic heterocycles. The summed E-state index contributed by atoms with van der Waals surface area (Å²) in [4.78, 5) is 26.1. The zero-order valence-corrected chi connectivity index (χ0v) is 18.7. The summed E-state index contributed by atoms with van der Waals surface area (Å²) in [6.07, 6.45) is 2.00. The number of carbonyl (C=O) groups excluding carboxylic acids is 1. The zero-order valence-electron chi connectivity index (χ0n) is 18.7. The highest BCUT2D eigenvalue weighted by Gasteiger charge is 2.56. The van der Waals surface area contributed by atoms with E-state index in [-0.39, 0.29) is 30.0 Å². The molecule has 3 rings (SSSR count).